The van der Waals surface area contributed by atoms with Gasteiger partial charge in [-0.2, -0.15) is 0 Å². The van der Waals surface area contributed by atoms with Gasteiger partial charge in [0.05, 0.1) is 16.7 Å². The van der Waals surface area contributed by atoms with E-state index in [1.54, 1.807) is 36.4 Å². The quantitative estimate of drug-likeness (QED) is 0.211. The van der Waals surface area contributed by atoms with Gasteiger partial charge >= 0.3 is 0 Å². The predicted octanol–water partition coefficient (Wildman–Crippen LogP) is 2.80. The van der Waals surface area contributed by atoms with Crippen LogP contribution in [0.1, 0.15) is 33.4 Å². The molecule has 4 aromatic rings. The van der Waals surface area contributed by atoms with Gasteiger partial charge in [-0.15, -0.1) is 0 Å². The lowest BCUT2D eigenvalue weighted by molar-refractivity contribution is -0.671. The van der Waals surface area contributed by atoms with E-state index < -0.39 is 34.1 Å². The number of nitrogens with zero attached hydrogens (tertiary/aromatic N) is 3. The molecule has 3 nitrogen and oxygen atoms in total. The Labute approximate surface area is 278 Å². The van der Waals surface area contributed by atoms with Crippen molar-refractivity contribution in [2.75, 3.05) is 0 Å². The van der Waals surface area contributed by atoms with Crippen LogP contribution in [0.2, 0.25) is 0 Å². The van der Waals surface area contributed by atoms with Crippen LogP contribution >= 0.6 is 0 Å². The average molecular weight is 625 g/mol. The van der Waals surface area contributed by atoms with Crippen LogP contribution in [0.3, 0.4) is 0 Å². The largest absolute Gasteiger partial charge is 0.208 e. The van der Waals surface area contributed by atoms with Crippen LogP contribution in [0, 0.1) is 124 Å². The van der Waals surface area contributed by atoms with Gasteiger partial charge in [0.1, 0.15) is 21.1 Å². The van der Waals surface area contributed by atoms with E-state index in [1.807, 2.05) is 72.0 Å². The number of rotatable bonds is 0. The Morgan fingerprint density at radius 2 is 0.542 bits per heavy atom. The van der Waals surface area contributed by atoms with Gasteiger partial charge in [-0.05, 0) is 88.8 Å². The number of aromatic nitrogens is 3. The van der Waals surface area contributed by atoms with Crippen molar-refractivity contribution in [3.63, 3.8) is 0 Å². The molecule has 48 heavy (non-hydrogen) atoms. The summed E-state index contributed by atoms with van der Waals surface area (Å²) in [5.41, 5.74) is -0.120. The summed E-state index contributed by atoms with van der Waals surface area (Å²) in [7, 11) is 5.62. The van der Waals surface area contributed by atoms with Gasteiger partial charge in [0, 0.05) is 53.1 Å². The smallest absolute Gasteiger partial charge is 0.169 e. The van der Waals surface area contributed by atoms with Crippen molar-refractivity contribution in [3.8, 4) is 107 Å². The van der Waals surface area contributed by atoms with Crippen molar-refractivity contribution in [1.82, 2.24) is 0 Å². The third-order valence-electron chi connectivity index (χ3n) is 6.00. The fourth-order valence-electron chi connectivity index (χ4n) is 3.53. The second-order valence-corrected chi connectivity index (χ2v) is 9.57. The fourth-order valence-corrected chi connectivity index (χ4v) is 3.53. The molecule has 0 N–H and O–H groups in total. The van der Waals surface area contributed by atoms with Crippen molar-refractivity contribution >= 4 is 0 Å². The highest BCUT2D eigenvalue weighted by Crippen LogP contribution is 2.24. The summed E-state index contributed by atoms with van der Waals surface area (Å²) >= 11 is 0. The number of benzene rings is 1. The molecular formula is C42H21F3N3+3. The zero-order valence-electron chi connectivity index (χ0n) is 25.9. The van der Waals surface area contributed by atoms with Gasteiger partial charge in [0.25, 0.3) is 0 Å². The molecule has 0 unspecified atom stereocenters. The highest BCUT2D eigenvalue weighted by molar-refractivity contribution is 5.58. The Bertz CT molecular complexity index is 2170. The molecule has 3 aromatic heterocycles. The van der Waals surface area contributed by atoms with E-state index >= 15 is 13.2 Å². The molecule has 0 atom stereocenters. The van der Waals surface area contributed by atoms with Gasteiger partial charge < -0.3 is 0 Å². The van der Waals surface area contributed by atoms with E-state index in [1.165, 1.54) is 0 Å². The summed E-state index contributed by atoms with van der Waals surface area (Å²) < 4.78 is 51.7. The third kappa shape index (κ3) is 10.0. The molecule has 4 rings (SSSR count). The Balaban J connectivity index is 1.67. The Morgan fingerprint density at radius 1 is 0.333 bits per heavy atom. The summed E-state index contributed by atoms with van der Waals surface area (Å²) in [6, 6.07) is 10.8. The van der Waals surface area contributed by atoms with Crippen molar-refractivity contribution in [1.29, 1.82) is 0 Å². The average Bonchev–Trinajstić information content (AvgIpc) is 3.08. The van der Waals surface area contributed by atoms with Crippen molar-refractivity contribution in [2.24, 2.45) is 21.1 Å². The van der Waals surface area contributed by atoms with E-state index in [-0.39, 0.29) is 0 Å². The first-order chi connectivity index (χ1) is 23.3. The third-order valence-corrected chi connectivity index (χ3v) is 6.00. The molecule has 0 fully saturated rings. The molecule has 0 saturated carbocycles. The first-order valence-electron chi connectivity index (χ1n) is 13.9. The highest BCUT2D eigenvalue weighted by atomic mass is 19.1. The molecule has 0 radical (unpaired) electrons. The van der Waals surface area contributed by atoms with E-state index in [2.05, 4.69) is 107 Å². The normalized spacial score (nSPS) is 8.38. The van der Waals surface area contributed by atoms with E-state index in [0.29, 0.717) is 0 Å². The van der Waals surface area contributed by atoms with Crippen LogP contribution in [0.15, 0.2) is 73.6 Å². The second kappa shape index (κ2) is 17.1. The standard InChI is InChI=1S/C42H21F3N3/c1-46-28-22-34(23-29-46)16-10-4-7-13-19-37-40(43)38(20-14-8-5-11-17-35-24-30-47(2)31-25-35)42(45)39(41(37)44)21-15-9-6-12-18-36-26-32-48(3)33-27-36/h22-33H,1-3H3/q+3. The van der Waals surface area contributed by atoms with Gasteiger partial charge in [-0.3, -0.25) is 0 Å². The van der Waals surface area contributed by atoms with Crippen LogP contribution in [0.4, 0.5) is 13.2 Å². The topological polar surface area (TPSA) is 11.6 Å². The lowest BCUT2D eigenvalue weighted by Gasteiger charge is -2.05. The SMILES string of the molecule is C[n+]1ccc(C#CC#CC#Cc2c(F)c(C#CC#CC#Cc3cc[n+](C)cc3)c(F)c(C#CC#CC#Cc3cc[n+](C)cc3)c2F)cc1. The van der Waals surface area contributed by atoms with Crippen molar-refractivity contribution in [2.45, 2.75) is 0 Å². The number of aryl methyl sites for hydroxylation is 3. The Kier molecular flexibility index (Phi) is 11.9. The van der Waals surface area contributed by atoms with Crippen LogP contribution in [0.25, 0.3) is 0 Å². The molecule has 0 bridgehead atoms. The molecule has 0 aliphatic heterocycles. The first-order valence-corrected chi connectivity index (χ1v) is 13.9. The van der Waals surface area contributed by atoms with Crippen molar-refractivity contribution in [3.05, 3.63) is 124 Å². The van der Waals surface area contributed by atoms with Crippen LogP contribution in [0.5, 0.6) is 0 Å². The maximum atomic E-state index is 15.4. The summed E-state index contributed by atoms with van der Waals surface area (Å²) in [5, 5.41) is 0. The molecule has 3 heterocycles. The fraction of sp³-hybridized carbons (Fsp3) is 0.0714. The minimum atomic E-state index is -1.32. The molecule has 0 amide bonds. The molecular weight excluding hydrogens is 603 g/mol. The maximum Gasteiger partial charge on any atom is 0.169 e. The van der Waals surface area contributed by atoms with E-state index in [4.69, 9.17) is 0 Å². The van der Waals surface area contributed by atoms with Gasteiger partial charge in [-0.25, -0.2) is 26.9 Å². The van der Waals surface area contributed by atoms with Gasteiger partial charge in [-0.1, -0.05) is 17.8 Å². The van der Waals surface area contributed by atoms with Crippen LogP contribution in [-0.2, 0) is 21.1 Å². The summed E-state index contributed by atoms with van der Waals surface area (Å²) in [4.78, 5) is 0. The molecule has 222 valence electrons. The van der Waals surface area contributed by atoms with Crippen LogP contribution < -0.4 is 13.7 Å². The lowest BCUT2D eigenvalue weighted by atomic mass is 10.0. The Morgan fingerprint density at radius 3 is 0.771 bits per heavy atom. The molecule has 0 spiro atoms. The lowest BCUT2D eigenvalue weighted by Crippen LogP contribution is -2.25. The molecule has 0 aliphatic carbocycles. The number of hydrogen-bond donors (Lipinski definition) is 0. The summed E-state index contributed by atoms with van der Waals surface area (Å²) in [6.07, 6.45) is 11.0. The number of pyridine rings is 3. The maximum absolute atomic E-state index is 15.4. The summed E-state index contributed by atoms with van der Waals surface area (Å²) in [5.74, 6) is 41.1. The minimum Gasteiger partial charge on any atom is -0.208 e. The van der Waals surface area contributed by atoms with Crippen molar-refractivity contribution < 1.29 is 26.9 Å². The van der Waals surface area contributed by atoms with Gasteiger partial charge in [0.15, 0.2) is 54.6 Å². The zero-order valence-corrected chi connectivity index (χ0v) is 25.9. The molecule has 0 aliphatic rings. The Hall–Kier alpha value is -7.50. The van der Waals surface area contributed by atoms with Gasteiger partial charge in [0.2, 0.25) is 0 Å². The minimum absolute atomic E-state index is 0.726. The second-order valence-electron chi connectivity index (χ2n) is 9.57. The number of hydrogen-bond acceptors (Lipinski definition) is 0. The predicted molar refractivity (Wildman–Crippen MR) is 174 cm³/mol. The highest BCUT2D eigenvalue weighted by Gasteiger charge is 2.22. The summed E-state index contributed by atoms with van der Waals surface area (Å²) in [6.45, 7) is 0. The molecule has 0 saturated heterocycles. The van der Waals surface area contributed by atoms with E-state index in [9.17, 15) is 0 Å². The monoisotopic (exact) mass is 624 g/mol. The van der Waals surface area contributed by atoms with Crippen LogP contribution in [-0.4, -0.2) is 0 Å². The zero-order chi connectivity index (χ0) is 34.1. The first kappa shape index (κ1) is 33.4. The number of halogens is 3. The van der Waals surface area contributed by atoms with E-state index in [0.717, 1.165) is 16.7 Å². The molecule has 1 aromatic carbocycles. The molecule has 6 heteroatoms.